The van der Waals surface area contributed by atoms with E-state index in [1.807, 2.05) is 5.38 Å². The van der Waals surface area contributed by atoms with Gasteiger partial charge in [-0.2, -0.15) is 11.3 Å². The first-order valence-electron chi connectivity index (χ1n) is 5.44. The summed E-state index contributed by atoms with van der Waals surface area (Å²) in [7, 11) is 0. The van der Waals surface area contributed by atoms with Crippen LogP contribution in [0.4, 0.5) is 5.69 Å². The number of thiophene rings is 1. The van der Waals surface area contributed by atoms with Crippen molar-refractivity contribution in [3.63, 3.8) is 0 Å². The van der Waals surface area contributed by atoms with E-state index in [0.717, 1.165) is 18.7 Å². The maximum atomic E-state index is 10.8. The molecule has 0 atom stereocenters. The molecule has 1 aromatic heterocycles. The number of benzene rings is 1. The van der Waals surface area contributed by atoms with Crippen LogP contribution in [0.15, 0.2) is 35.0 Å². The Hall–Kier alpha value is -1.52. The molecule has 1 aromatic carbocycles. The zero-order valence-corrected chi connectivity index (χ0v) is 11.1. The van der Waals surface area contributed by atoms with Gasteiger partial charge in [-0.3, -0.25) is 0 Å². The lowest BCUT2D eigenvalue weighted by Gasteiger charge is -2.07. The van der Waals surface area contributed by atoms with Gasteiger partial charge in [-0.05, 0) is 47.0 Å². The molecule has 2 aromatic rings. The van der Waals surface area contributed by atoms with Gasteiger partial charge >= 0.3 is 5.97 Å². The van der Waals surface area contributed by atoms with E-state index in [9.17, 15) is 4.79 Å². The zero-order chi connectivity index (χ0) is 13.0. The van der Waals surface area contributed by atoms with Crippen molar-refractivity contribution in [3.05, 3.63) is 51.2 Å². The SMILES string of the molecule is O=C(O)c1ccc(NCCc2ccsc2)cc1Cl. The van der Waals surface area contributed by atoms with E-state index in [2.05, 4.69) is 16.8 Å². The maximum Gasteiger partial charge on any atom is 0.337 e. The highest BCUT2D eigenvalue weighted by molar-refractivity contribution is 7.07. The summed E-state index contributed by atoms with van der Waals surface area (Å²) in [6, 6.07) is 6.96. The highest BCUT2D eigenvalue weighted by Gasteiger charge is 2.08. The van der Waals surface area contributed by atoms with E-state index in [0.29, 0.717) is 0 Å². The van der Waals surface area contributed by atoms with E-state index < -0.39 is 5.97 Å². The van der Waals surface area contributed by atoms with Crippen LogP contribution in [-0.4, -0.2) is 17.6 Å². The normalized spacial score (nSPS) is 10.3. The third-order valence-electron chi connectivity index (χ3n) is 2.52. The molecule has 0 saturated heterocycles. The van der Waals surface area contributed by atoms with Crippen LogP contribution in [0, 0.1) is 0 Å². The molecule has 0 unspecified atom stereocenters. The van der Waals surface area contributed by atoms with Crippen molar-refractivity contribution in [1.29, 1.82) is 0 Å². The Kier molecular flexibility index (Phi) is 4.23. The molecule has 5 heteroatoms. The van der Waals surface area contributed by atoms with Crippen molar-refractivity contribution >= 4 is 34.6 Å². The molecular weight excluding hydrogens is 270 g/mol. The van der Waals surface area contributed by atoms with Gasteiger partial charge in [0.15, 0.2) is 0 Å². The molecule has 0 radical (unpaired) electrons. The lowest BCUT2D eigenvalue weighted by atomic mass is 10.2. The third kappa shape index (κ3) is 3.24. The van der Waals surface area contributed by atoms with Gasteiger partial charge in [-0.1, -0.05) is 11.6 Å². The van der Waals surface area contributed by atoms with Gasteiger partial charge in [0.1, 0.15) is 0 Å². The van der Waals surface area contributed by atoms with Gasteiger partial charge in [0.05, 0.1) is 10.6 Å². The highest BCUT2D eigenvalue weighted by atomic mass is 35.5. The molecule has 0 amide bonds. The second-order valence-corrected chi connectivity index (χ2v) is 5.00. The number of carboxylic acids is 1. The van der Waals surface area contributed by atoms with E-state index >= 15 is 0 Å². The van der Waals surface area contributed by atoms with E-state index in [1.54, 1.807) is 23.5 Å². The largest absolute Gasteiger partial charge is 0.478 e. The number of anilines is 1. The summed E-state index contributed by atoms with van der Waals surface area (Å²) in [4.78, 5) is 10.8. The van der Waals surface area contributed by atoms with Crippen LogP contribution in [0.5, 0.6) is 0 Å². The zero-order valence-electron chi connectivity index (χ0n) is 9.52. The number of rotatable bonds is 5. The van der Waals surface area contributed by atoms with Crippen LogP contribution >= 0.6 is 22.9 Å². The van der Waals surface area contributed by atoms with Gasteiger partial charge in [-0.25, -0.2) is 4.79 Å². The molecule has 0 fully saturated rings. The van der Waals surface area contributed by atoms with Crippen molar-refractivity contribution in [3.8, 4) is 0 Å². The molecule has 3 nitrogen and oxygen atoms in total. The minimum atomic E-state index is -1.01. The van der Waals surface area contributed by atoms with Crippen molar-refractivity contribution in [2.45, 2.75) is 6.42 Å². The molecule has 94 valence electrons. The lowest BCUT2D eigenvalue weighted by molar-refractivity contribution is 0.0697. The third-order valence-corrected chi connectivity index (χ3v) is 3.57. The Morgan fingerprint density at radius 1 is 1.39 bits per heavy atom. The maximum absolute atomic E-state index is 10.8. The first kappa shape index (κ1) is 12.9. The Bertz CT molecular complexity index is 540. The standard InChI is InChI=1S/C13H12ClNO2S/c14-12-7-10(1-2-11(12)13(16)17)15-5-3-9-4-6-18-8-9/h1-2,4,6-8,15H,3,5H2,(H,16,17). The Morgan fingerprint density at radius 2 is 2.22 bits per heavy atom. The number of aromatic carboxylic acids is 1. The van der Waals surface area contributed by atoms with Crippen LogP contribution < -0.4 is 5.32 Å². The monoisotopic (exact) mass is 281 g/mol. The van der Waals surface area contributed by atoms with Crippen LogP contribution in [0.3, 0.4) is 0 Å². The molecule has 0 aliphatic carbocycles. The Balaban J connectivity index is 1.94. The van der Waals surface area contributed by atoms with E-state index in [-0.39, 0.29) is 10.6 Å². The number of carbonyl (C=O) groups is 1. The predicted molar refractivity (Wildman–Crippen MR) is 74.9 cm³/mol. The predicted octanol–water partition coefficient (Wildman–Crippen LogP) is 3.75. The van der Waals surface area contributed by atoms with Gasteiger partial charge in [0.2, 0.25) is 0 Å². The number of halogens is 1. The fourth-order valence-electron chi connectivity index (χ4n) is 1.58. The number of hydrogen-bond donors (Lipinski definition) is 2. The van der Waals surface area contributed by atoms with Crippen molar-refractivity contribution in [1.82, 2.24) is 0 Å². The first-order chi connectivity index (χ1) is 8.66. The van der Waals surface area contributed by atoms with Crippen LogP contribution in [0.25, 0.3) is 0 Å². The topological polar surface area (TPSA) is 49.3 Å². The molecule has 2 rings (SSSR count). The number of nitrogens with one attached hydrogen (secondary N) is 1. The second-order valence-electron chi connectivity index (χ2n) is 3.81. The first-order valence-corrected chi connectivity index (χ1v) is 6.76. The summed E-state index contributed by atoms with van der Waals surface area (Å²) in [5.74, 6) is -1.01. The van der Waals surface area contributed by atoms with E-state index in [1.165, 1.54) is 11.6 Å². The van der Waals surface area contributed by atoms with Crippen molar-refractivity contribution < 1.29 is 9.90 Å². The second kappa shape index (κ2) is 5.89. The van der Waals surface area contributed by atoms with Crippen molar-refractivity contribution in [2.75, 3.05) is 11.9 Å². The van der Waals surface area contributed by atoms with Crippen LogP contribution in [0.1, 0.15) is 15.9 Å². The summed E-state index contributed by atoms with van der Waals surface area (Å²) in [5.41, 5.74) is 2.25. The summed E-state index contributed by atoms with van der Waals surface area (Å²) in [6.07, 6.45) is 0.932. The minimum absolute atomic E-state index is 0.125. The molecule has 18 heavy (non-hydrogen) atoms. The fourth-order valence-corrected chi connectivity index (χ4v) is 2.55. The minimum Gasteiger partial charge on any atom is -0.478 e. The fraction of sp³-hybridized carbons (Fsp3) is 0.154. The highest BCUT2D eigenvalue weighted by Crippen LogP contribution is 2.21. The average molecular weight is 282 g/mol. The van der Waals surface area contributed by atoms with Crippen LogP contribution in [0.2, 0.25) is 5.02 Å². The molecule has 0 saturated carbocycles. The molecular formula is C13H12ClNO2S. The average Bonchev–Trinajstić information content (AvgIpc) is 2.81. The number of hydrogen-bond acceptors (Lipinski definition) is 3. The summed E-state index contributed by atoms with van der Waals surface area (Å²) in [6.45, 7) is 0.791. The molecule has 0 aliphatic rings. The molecule has 0 bridgehead atoms. The van der Waals surface area contributed by atoms with Crippen molar-refractivity contribution in [2.24, 2.45) is 0 Å². The molecule has 2 N–H and O–H groups in total. The molecule has 0 spiro atoms. The summed E-state index contributed by atoms with van der Waals surface area (Å²) >= 11 is 7.56. The lowest BCUT2D eigenvalue weighted by Crippen LogP contribution is -2.05. The summed E-state index contributed by atoms with van der Waals surface area (Å²) < 4.78 is 0. The molecule has 0 aliphatic heterocycles. The van der Waals surface area contributed by atoms with E-state index in [4.69, 9.17) is 16.7 Å². The Labute approximate surface area is 114 Å². The molecule has 1 heterocycles. The van der Waals surface area contributed by atoms with Crippen LogP contribution in [-0.2, 0) is 6.42 Å². The van der Waals surface area contributed by atoms with Gasteiger partial charge < -0.3 is 10.4 Å². The number of carboxylic acid groups (broad SMARTS) is 1. The smallest absolute Gasteiger partial charge is 0.337 e. The quantitative estimate of drug-likeness (QED) is 0.877. The van der Waals surface area contributed by atoms with Gasteiger partial charge in [0, 0.05) is 12.2 Å². The van der Waals surface area contributed by atoms with Gasteiger partial charge in [-0.15, -0.1) is 0 Å². The summed E-state index contributed by atoms with van der Waals surface area (Å²) in [5, 5.41) is 16.5. The Morgan fingerprint density at radius 3 is 2.83 bits per heavy atom. The van der Waals surface area contributed by atoms with Gasteiger partial charge in [0.25, 0.3) is 0 Å².